The molecule has 5 nitrogen and oxygen atoms in total. The highest BCUT2D eigenvalue weighted by Gasteiger charge is 2.34. The molecule has 3 rings (SSSR count). The number of halogens is 2. The molecule has 0 heterocycles. The normalized spacial score (nSPS) is 13.1. The monoisotopic (exact) mass is 390 g/mol. The maximum absolute atomic E-state index is 14.1. The number of carbonyl (C=O) groups is 2. The van der Waals surface area contributed by atoms with Crippen LogP contribution >= 0.6 is 11.6 Å². The zero-order chi connectivity index (χ0) is 19.4. The fourth-order valence-electron chi connectivity index (χ4n) is 2.75. The van der Waals surface area contributed by atoms with Gasteiger partial charge in [0.15, 0.2) is 0 Å². The van der Waals surface area contributed by atoms with E-state index in [0.29, 0.717) is 21.8 Å². The first-order valence-electron chi connectivity index (χ1n) is 8.77. The Morgan fingerprint density at radius 1 is 1.22 bits per heavy atom. The number of benzene rings is 2. The Labute approximate surface area is 162 Å². The van der Waals surface area contributed by atoms with Crippen molar-refractivity contribution in [3.8, 4) is 0 Å². The zero-order valence-electron chi connectivity index (χ0n) is 14.9. The Hall–Kier alpha value is -2.60. The SMILES string of the molecule is CCOC(=O)Nc1ccc(C(=O)N(Cc2c(F)cccc2Cl)C2CC2)cc1. The predicted octanol–water partition coefficient (Wildman–Crippen LogP) is 4.85. The molecule has 2 aromatic carbocycles. The number of hydrogen-bond acceptors (Lipinski definition) is 3. The fourth-order valence-corrected chi connectivity index (χ4v) is 2.98. The van der Waals surface area contributed by atoms with Crippen LogP contribution in [0.1, 0.15) is 35.7 Å². The van der Waals surface area contributed by atoms with Crippen LogP contribution in [0.2, 0.25) is 5.02 Å². The van der Waals surface area contributed by atoms with Crippen molar-refractivity contribution in [2.45, 2.75) is 32.4 Å². The predicted molar refractivity (Wildman–Crippen MR) is 101 cm³/mol. The van der Waals surface area contributed by atoms with Gasteiger partial charge in [-0.1, -0.05) is 17.7 Å². The van der Waals surface area contributed by atoms with Gasteiger partial charge in [0.2, 0.25) is 0 Å². The van der Waals surface area contributed by atoms with E-state index in [2.05, 4.69) is 5.32 Å². The van der Waals surface area contributed by atoms with Crippen molar-refractivity contribution < 1.29 is 18.7 Å². The standard InChI is InChI=1S/C20H20ClFN2O3/c1-2-27-20(26)23-14-8-6-13(7-9-14)19(25)24(15-10-11-15)12-16-17(21)4-3-5-18(16)22/h3-9,15H,2,10-12H2,1H3,(H,23,26). The molecule has 2 amide bonds. The highest BCUT2D eigenvalue weighted by atomic mass is 35.5. The lowest BCUT2D eigenvalue weighted by Gasteiger charge is -2.23. The highest BCUT2D eigenvalue weighted by Crippen LogP contribution is 2.32. The molecule has 0 atom stereocenters. The average molecular weight is 391 g/mol. The van der Waals surface area contributed by atoms with Gasteiger partial charge in [0.1, 0.15) is 5.82 Å². The molecule has 1 saturated carbocycles. The number of carbonyl (C=O) groups excluding carboxylic acids is 2. The van der Waals surface area contributed by atoms with E-state index in [1.165, 1.54) is 6.07 Å². The number of anilines is 1. The molecule has 7 heteroatoms. The average Bonchev–Trinajstić information content (AvgIpc) is 3.47. The number of rotatable bonds is 6. The third-order valence-electron chi connectivity index (χ3n) is 4.29. The topological polar surface area (TPSA) is 58.6 Å². The Morgan fingerprint density at radius 3 is 2.52 bits per heavy atom. The van der Waals surface area contributed by atoms with Gasteiger partial charge in [-0.05, 0) is 56.2 Å². The van der Waals surface area contributed by atoms with Crippen LogP contribution in [0.3, 0.4) is 0 Å². The van der Waals surface area contributed by atoms with Gasteiger partial charge < -0.3 is 9.64 Å². The summed E-state index contributed by atoms with van der Waals surface area (Å²) in [5.74, 6) is -0.616. The molecule has 0 unspecified atom stereocenters. The molecular formula is C20H20ClFN2O3. The van der Waals surface area contributed by atoms with Crippen LogP contribution in [0.25, 0.3) is 0 Å². The lowest BCUT2D eigenvalue weighted by atomic mass is 10.1. The van der Waals surface area contributed by atoms with E-state index >= 15 is 0 Å². The van der Waals surface area contributed by atoms with Crippen molar-refractivity contribution in [1.82, 2.24) is 4.90 Å². The molecule has 0 spiro atoms. The second-order valence-corrected chi connectivity index (χ2v) is 6.69. The van der Waals surface area contributed by atoms with E-state index in [1.807, 2.05) is 0 Å². The lowest BCUT2D eigenvalue weighted by Crippen LogP contribution is -2.33. The van der Waals surface area contributed by atoms with E-state index < -0.39 is 11.9 Å². The largest absolute Gasteiger partial charge is 0.450 e. The van der Waals surface area contributed by atoms with Gasteiger partial charge in [-0.15, -0.1) is 0 Å². The van der Waals surface area contributed by atoms with Crippen molar-refractivity contribution in [2.75, 3.05) is 11.9 Å². The molecule has 0 bridgehead atoms. The number of ether oxygens (including phenoxy) is 1. The summed E-state index contributed by atoms with van der Waals surface area (Å²) in [6, 6.07) is 11.1. The first-order valence-corrected chi connectivity index (χ1v) is 9.15. The van der Waals surface area contributed by atoms with Gasteiger partial charge in [-0.3, -0.25) is 10.1 Å². The van der Waals surface area contributed by atoms with Crippen LogP contribution in [0.15, 0.2) is 42.5 Å². The van der Waals surface area contributed by atoms with Crippen molar-refractivity contribution in [3.05, 3.63) is 64.4 Å². The molecule has 1 aliphatic carbocycles. The maximum atomic E-state index is 14.1. The Morgan fingerprint density at radius 2 is 1.93 bits per heavy atom. The van der Waals surface area contributed by atoms with E-state index in [1.54, 1.807) is 48.2 Å². The summed E-state index contributed by atoms with van der Waals surface area (Å²) in [5, 5.41) is 2.88. The molecule has 0 radical (unpaired) electrons. The number of hydrogen-bond donors (Lipinski definition) is 1. The molecule has 1 fully saturated rings. The second-order valence-electron chi connectivity index (χ2n) is 6.29. The summed E-state index contributed by atoms with van der Waals surface area (Å²) in [7, 11) is 0. The van der Waals surface area contributed by atoms with Crippen LogP contribution in [-0.2, 0) is 11.3 Å². The molecular weight excluding hydrogens is 371 g/mol. The van der Waals surface area contributed by atoms with Crippen LogP contribution < -0.4 is 5.32 Å². The van der Waals surface area contributed by atoms with Crippen LogP contribution in [0.4, 0.5) is 14.9 Å². The van der Waals surface area contributed by atoms with Crippen LogP contribution in [0.5, 0.6) is 0 Å². The Bertz CT molecular complexity index is 817. The molecule has 1 aliphatic rings. The molecule has 142 valence electrons. The highest BCUT2D eigenvalue weighted by molar-refractivity contribution is 6.31. The summed E-state index contributed by atoms with van der Waals surface area (Å²) in [5.41, 5.74) is 1.31. The molecule has 27 heavy (non-hydrogen) atoms. The first-order chi connectivity index (χ1) is 13.0. The smallest absolute Gasteiger partial charge is 0.411 e. The zero-order valence-corrected chi connectivity index (χ0v) is 15.6. The molecule has 0 aliphatic heterocycles. The van der Waals surface area contributed by atoms with Crippen molar-refractivity contribution in [1.29, 1.82) is 0 Å². The van der Waals surface area contributed by atoms with Crippen LogP contribution in [-0.4, -0.2) is 29.5 Å². The number of nitrogens with one attached hydrogen (secondary N) is 1. The Balaban J connectivity index is 1.75. The number of amides is 2. The minimum Gasteiger partial charge on any atom is -0.450 e. The van der Waals surface area contributed by atoms with Gasteiger partial charge in [0.25, 0.3) is 5.91 Å². The fraction of sp³-hybridized carbons (Fsp3) is 0.300. The summed E-state index contributed by atoms with van der Waals surface area (Å²) < 4.78 is 18.9. The number of nitrogens with zero attached hydrogens (tertiary/aromatic N) is 1. The van der Waals surface area contributed by atoms with E-state index in [-0.39, 0.29) is 25.1 Å². The maximum Gasteiger partial charge on any atom is 0.411 e. The molecule has 0 aromatic heterocycles. The molecule has 0 saturated heterocycles. The van der Waals surface area contributed by atoms with E-state index in [9.17, 15) is 14.0 Å². The second kappa shape index (κ2) is 8.39. The van der Waals surface area contributed by atoms with Gasteiger partial charge in [-0.25, -0.2) is 9.18 Å². The van der Waals surface area contributed by atoms with Gasteiger partial charge in [0, 0.05) is 27.9 Å². The minimum absolute atomic E-state index is 0.0884. The summed E-state index contributed by atoms with van der Waals surface area (Å²) in [6.45, 7) is 2.12. The molecule has 2 aromatic rings. The third kappa shape index (κ3) is 4.77. The van der Waals surface area contributed by atoms with Gasteiger partial charge in [-0.2, -0.15) is 0 Å². The first kappa shape index (κ1) is 19.2. The third-order valence-corrected chi connectivity index (χ3v) is 4.65. The Kier molecular flexibility index (Phi) is 5.96. The van der Waals surface area contributed by atoms with Gasteiger partial charge >= 0.3 is 6.09 Å². The van der Waals surface area contributed by atoms with Gasteiger partial charge in [0.05, 0.1) is 13.2 Å². The van der Waals surface area contributed by atoms with E-state index in [0.717, 1.165) is 12.8 Å². The summed E-state index contributed by atoms with van der Waals surface area (Å²) >= 11 is 6.11. The van der Waals surface area contributed by atoms with Crippen LogP contribution in [0, 0.1) is 5.82 Å². The van der Waals surface area contributed by atoms with Crippen molar-refractivity contribution >= 4 is 29.3 Å². The minimum atomic E-state index is -0.551. The quantitative estimate of drug-likeness (QED) is 0.766. The molecule has 1 N–H and O–H groups in total. The van der Waals surface area contributed by atoms with Crippen molar-refractivity contribution in [2.24, 2.45) is 0 Å². The summed E-state index contributed by atoms with van der Waals surface area (Å²) in [4.78, 5) is 26.0. The lowest BCUT2D eigenvalue weighted by molar-refractivity contribution is 0.0728. The van der Waals surface area contributed by atoms with Crippen molar-refractivity contribution in [3.63, 3.8) is 0 Å². The summed E-state index contributed by atoms with van der Waals surface area (Å²) in [6.07, 6.45) is 1.23. The van der Waals surface area contributed by atoms with E-state index in [4.69, 9.17) is 16.3 Å².